The molecule has 1 aliphatic rings. The van der Waals surface area contributed by atoms with Crippen LogP contribution < -0.4 is 4.74 Å². The van der Waals surface area contributed by atoms with E-state index in [0.29, 0.717) is 35.3 Å². The molecule has 0 heterocycles. The highest BCUT2D eigenvalue weighted by atomic mass is 19.4. The lowest BCUT2D eigenvalue weighted by Gasteiger charge is -2.20. The van der Waals surface area contributed by atoms with Gasteiger partial charge in [-0.1, -0.05) is 25.1 Å². The van der Waals surface area contributed by atoms with Gasteiger partial charge in [0.25, 0.3) is 0 Å². The van der Waals surface area contributed by atoms with E-state index in [1.54, 1.807) is 6.92 Å². The van der Waals surface area contributed by atoms with E-state index in [-0.39, 0.29) is 35.1 Å². The van der Waals surface area contributed by atoms with Crippen LogP contribution in [-0.4, -0.2) is 6.36 Å². The normalized spacial score (nSPS) is 13.5. The maximum absolute atomic E-state index is 15.2. The Morgan fingerprint density at radius 1 is 0.824 bits per heavy atom. The van der Waals surface area contributed by atoms with E-state index in [1.807, 2.05) is 0 Å². The molecule has 0 saturated heterocycles. The first-order valence-electron chi connectivity index (χ1n) is 10.2. The molecule has 1 aliphatic carbocycles. The van der Waals surface area contributed by atoms with Gasteiger partial charge < -0.3 is 4.74 Å². The van der Waals surface area contributed by atoms with Crippen molar-refractivity contribution in [2.24, 2.45) is 0 Å². The monoisotopic (exact) mass is 484 g/mol. The maximum atomic E-state index is 15.2. The Morgan fingerprint density at radius 2 is 1.44 bits per heavy atom. The van der Waals surface area contributed by atoms with Crippen molar-refractivity contribution < 1.29 is 39.9 Å². The average molecular weight is 484 g/mol. The Hall–Kier alpha value is -3.36. The first-order valence-corrected chi connectivity index (χ1v) is 10.2. The smallest absolute Gasteiger partial charge is 0.399 e. The summed E-state index contributed by atoms with van der Waals surface area (Å²) in [6, 6.07) is 6.18. The quantitative estimate of drug-likeness (QED) is 0.341. The summed E-state index contributed by atoms with van der Waals surface area (Å²) >= 11 is 0. The Bertz CT molecular complexity index is 1260. The zero-order valence-electron chi connectivity index (χ0n) is 17.6. The van der Waals surface area contributed by atoms with Crippen molar-refractivity contribution in [3.63, 3.8) is 0 Å². The molecule has 0 spiro atoms. The molecule has 9 heteroatoms. The lowest BCUT2D eigenvalue weighted by molar-refractivity contribution is -0.276. The van der Waals surface area contributed by atoms with Crippen LogP contribution in [0.3, 0.4) is 0 Å². The largest absolute Gasteiger partial charge is 0.573 e. The minimum absolute atomic E-state index is 0.0511. The zero-order chi connectivity index (χ0) is 24.8. The minimum Gasteiger partial charge on any atom is -0.399 e. The highest BCUT2D eigenvalue weighted by molar-refractivity contribution is 5.86. The van der Waals surface area contributed by atoms with E-state index in [1.165, 1.54) is 30.3 Å². The lowest BCUT2D eigenvalue weighted by atomic mass is 9.86. The van der Waals surface area contributed by atoms with Crippen molar-refractivity contribution in [3.8, 4) is 16.9 Å². The number of hydrogen-bond donors (Lipinski definition) is 0. The van der Waals surface area contributed by atoms with Crippen molar-refractivity contribution in [2.45, 2.75) is 32.5 Å². The van der Waals surface area contributed by atoms with Crippen LogP contribution in [0.4, 0.5) is 35.1 Å². The van der Waals surface area contributed by atoms with Gasteiger partial charge in [-0.05, 0) is 71.4 Å². The van der Waals surface area contributed by atoms with Crippen molar-refractivity contribution in [1.29, 1.82) is 0 Å². The van der Waals surface area contributed by atoms with Crippen LogP contribution in [-0.2, 0) is 12.8 Å². The lowest BCUT2D eigenvalue weighted by Crippen LogP contribution is -2.19. The molecule has 0 bridgehead atoms. The number of allylic oxidation sites excluding steroid dienone is 1. The van der Waals surface area contributed by atoms with E-state index in [4.69, 9.17) is 0 Å². The molecular weight excluding hydrogens is 468 g/mol. The van der Waals surface area contributed by atoms with Gasteiger partial charge in [0.05, 0.1) is 0 Å². The van der Waals surface area contributed by atoms with Gasteiger partial charge in [-0.15, -0.1) is 13.2 Å². The minimum atomic E-state index is -5.31. The van der Waals surface area contributed by atoms with Crippen LogP contribution in [0, 0.1) is 29.1 Å². The number of fused-ring (bicyclic) bond motifs is 1. The van der Waals surface area contributed by atoms with Gasteiger partial charge in [0.2, 0.25) is 5.75 Å². The fourth-order valence-corrected chi connectivity index (χ4v) is 4.03. The third-order valence-electron chi connectivity index (χ3n) is 5.61. The summed E-state index contributed by atoms with van der Waals surface area (Å²) in [5.74, 6) is -7.22. The van der Waals surface area contributed by atoms with Crippen LogP contribution in [0.1, 0.15) is 35.6 Å². The zero-order valence-corrected chi connectivity index (χ0v) is 17.6. The number of rotatable bonds is 4. The van der Waals surface area contributed by atoms with E-state index in [2.05, 4.69) is 4.74 Å². The molecule has 0 amide bonds. The fraction of sp³-hybridized carbons (Fsp3) is 0.200. The topological polar surface area (TPSA) is 9.23 Å². The summed E-state index contributed by atoms with van der Waals surface area (Å²) in [6.45, 7) is 1.76. The average Bonchev–Trinajstić information content (AvgIpc) is 2.75. The molecule has 178 valence electrons. The van der Waals surface area contributed by atoms with E-state index in [0.717, 1.165) is 0 Å². The van der Waals surface area contributed by atoms with Gasteiger partial charge in [0.1, 0.15) is 17.5 Å². The third kappa shape index (κ3) is 4.51. The summed E-state index contributed by atoms with van der Waals surface area (Å²) < 4.78 is 113. The molecule has 34 heavy (non-hydrogen) atoms. The molecule has 0 fully saturated rings. The Labute approximate surface area is 189 Å². The van der Waals surface area contributed by atoms with Gasteiger partial charge in [-0.25, -0.2) is 22.0 Å². The maximum Gasteiger partial charge on any atom is 0.573 e. The summed E-state index contributed by atoms with van der Waals surface area (Å²) in [7, 11) is 0. The van der Waals surface area contributed by atoms with E-state index >= 15 is 4.39 Å². The predicted molar refractivity (Wildman–Crippen MR) is 110 cm³/mol. The third-order valence-corrected chi connectivity index (χ3v) is 5.61. The standard InChI is InChI=1S/C25H16F8O/c1-2-12-7-18(26)22(19(27)8-12)14-4-6-16-13(9-14)3-5-17(23(16)30)15-10-20(28)24(21(29)11-15)34-25(31,32)33/h3,5,7-11H,2,4,6H2,1H3. The Balaban J connectivity index is 1.73. The van der Waals surface area contributed by atoms with Crippen molar-refractivity contribution >= 4 is 11.6 Å². The van der Waals surface area contributed by atoms with E-state index in [9.17, 15) is 30.7 Å². The molecule has 0 saturated carbocycles. The molecule has 0 atom stereocenters. The highest BCUT2D eigenvalue weighted by Gasteiger charge is 2.34. The molecule has 0 aromatic heterocycles. The first kappa shape index (κ1) is 23.8. The number of hydrogen-bond acceptors (Lipinski definition) is 1. The van der Waals surface area contributed by atoms with Gasteiger partial charge in [0, 0.05) is 11.1 Å². The second kappa shape index (κ2) is 8.77. The van der Waals surface area contributed by atoms with Gasteiger partial charge >= 0.3 is 6.36 Å². The van der Waals surface area contributed by atoms with Crippen LogP contribution in [0.15, 0.2) is 36.4 Å². The van der Waals surface area contributed by atoms with Crippen molar-refractivity contribution in [3.05, 3.63) is 87.7 Å². The SMILES string of the molecule is CCc1cc(F)c(C2=Cc3ccc(-c4cc(F)c(OC(F)(F)F)c(F)c4)c(F)c3CC2)c(F)c1. The van der Waals surface area contributed by atoms with Gasteiger partial charge in [0.15, 0.2) is 11.6 Å². The van der Waals surface area contributed by atoms with Crippen LogP contribution in [0.2, 0.25) is 0 Å². The summed E-state index contributed by atoms with van der Waals surface area (Å²) in [4.78, 5) is 0. The van der Waals surface area contributed by atoms with Gasteiger partial charge in [-0.2, -0.15) is 0 Å². The Kier molecular flexibility index (Phi) is 6.14. The predicted octanol–water partition coefficient (Wildman–Crippen LogP) is 8.00. The molecule has 3 aromatic carbocycles. The molecular formula is C25H16F8O. The summed E-state index contributed by atoms with van der Waals surface area (Å²) in [6.07, 6.45) is -3.25. The number of benzene rings is 3. The van der Waals surface area contributed by atoms with Crippen molar-refractivity contribution in [2.75, 3.05) is 0 Å². The number of ether oxygens (including phenoxy) is 1. The van der Waals surface area contributed by atoms with Crippen molar-refractivity contribution in [1.82, 2.24) is 0 Å². The van der Waals surface area contributed by atoms with E-state index < -0.39 is 41.2 Å². The molecule has 0 aliphatic heterocycles. The number of halogens is 8. The number of aryl methyl sites for hydroxylation is 1. The molecule has 3 aromatic rings. The summed E-state index contributed by atoms with van der Waals surface area (Å²) in [5.41, 5.74) is 0.558. The summed E-state index contributed by atoms with van der Waals surface area (Å²) in [5, 5.41) is 0. The van der Waals surface area contributed by atoms with Gasteiger partial charge in [-0.3, -0.25) is 0 Å². The molecule has 4 rings (SSSR count). The second-order valence-electron chi connectivity index (χ2n) is 7.77. The van der Waals surface area contributed by atoms with Crippen LogP contribution >= 0.6 is 0 Å². The Morgan fingerprint density at radius 3 is 2.00 bits per heavy atom. The van der Waals surface area contributed by atoms with Crippen LogP contribution in [0.25, 0.3) is 22.8 Å². The molecule has 0 N–H and O–H groups in total. The number of alkyl halides is 3. The molecule has 1 nitrogen and oxygen atoms in total. The highest BCUT2D eigenvalue weighted by Crippen LogP contribution is 2.39. The fourth-order valence-electron chi connectivity index (χ4n) is 4.03. The van der Waals surface area contributed by atoms with Crippen LogP contribution in [0.5, 0.6) is 5.75 Å². The second-order valence-corrected chi connectivity index (χ2v) is 7.77. The first-order chi connectivity index (χ1) is 16.0. The molecule has 0 unspecified atom stereocenters. The molecule has 0 radical (unpaired) electrons.